The van der Waals surface area contributed by atoms with Gasteiger partial charge in [0.1, 0.15) is 17.5 Å². The minimum absolute atomic E-state index is 0.714. The van der Waals surface area contributed by atoms with E-state index in [9.17, 15) is 0 Å². The van der Waals surface area contributed by atoms with E-state index >= 15 is 0 Å². The Bertz CT molecular complexity index is 952. The van der Waals surface area contributed by atoms with Crippen molar-refractivity contribution in [2.45, 2.75) is 20.3 Å². The molecule has 2 N–H and O–H groups in total. The van der Waals surface area contributed by atoms with Crippen molar-refractivity contribution in [3.05, 3.63) is 66.0 Å². The van der Waals surface area contributed by atoms with Crippen molar-refractivity contribution in [1.82, 2.24) is 9.97 Å². The van der Waals surface area contributed by atoms with Crippen LogP contribution in [0.5, 0.6) is 0 Å². The van der Waals surface area contributed by atoms with E-state index in [-0.39, 0.29) is 0 Å². The number of benzene rings is 2. The fraction of sp³-hybridized carbons (Fsp3) is 0.304. The molecule has 2 aromatic carbocycles. The Morgan fingerprint density at radius 1 is 0.931 bits per heavy atom. The average Bonchev–Trinajstić information content (AvgIpc) is 2.75. The molecule has 0 amide bonds. The molecule has 0 radical (unpaired) electrons. The summed E-state index contributed by atoms with van der Waals surface area (Å²) >= 11 is 0. The molecular weight excluding hydrogens is 362 g/mol. The summed E-state index contributed by atoms with van der Waals surface area (Å²) in [6.07, 6.45) is 1.03. The van der Waals surface area contributed by atoms with Gasteiger partial charge in [0.15, 0.2) is 0 Å². The molecule has 0 bridgehead atoms. The minimum atomic E-state index is 0.714. The van der Waals surface area contributed by atoms with Crippen molar-refractivity contribution >= 4 is 28.7 Å². The molecule has 2 heterocycles. The maximum absolute atomic E-state index is 5.49. The predicted octanol–water partition coefficient (Wildman–Crippen LogP) is 4.67. The number of rotatable bonds is 6. The predicted molar refractivity (Wildman–Crippen MR) is 119 cm³/mol. The normalized spacial score (nSPS) is 13.9. The van der Waals surface area contributed by atoms with E-state index in [1.807, 2.05) is 19.1 Å². The fourth-order valence-electron chi connectivity index (χ4n) is 3.46. The number of hydrogen-bond acceptors (Lipinski definition) is 6. The van der Waals surface area contributed by atoms with Gasteiger partial charge in [0.2, 0.25) is 0 Å². The number of aromatic nitrogens is 2. The van der Waals surface area contributed by atoms with E-state index in [0.717, 1.165) is 61.4 Å². The zero-order valence-corrected chi connectivity index (χ0v) is 17.0. The first kappa shape index (κ1) is 19.2. The number of anilines is 5. The van der Waals surface area contributed by atoms with Gasteiger partial charge in [0.05, 0.1) is 24.6 Å². The molecule has 1 aliphatic heterocycles. The van der Waals surface area contributed by atoms with Gasteiger partial charge in [-0.3, -0.25) is 0 Å². The Hall–Kier alpha value is -3.12. The van der Waals surface area contributed by atoms with Crippen LogP contribution in [0, 0.1) is 6.92 Å². The summed E-state index contributed by atoms with van der Waals surface area (Å²) < 4.78 is 5.49. The van der Waals surface area contributed by atoms with Crippen molar-refractivity contribution in [3.8, 4) is 0 Å². The number of para-hydroxylation sites is 2. The lowest BCUT2D eigenvalue weighted by Gasteiger charge is -2.30. The molecule has 1 aromatic heterocycles. The third kappa shape index (κ3) is 4.84. The Kier molecular flexibility index (Phi) is 5.91. The molecule has 0 spiro atoms. The third-order valence-electron chi connectivity index (χ3n) is 4.99. The number of hydrogen-bond donors (Lipinski definition) is 2. The standard InChI is InChI=1S/C23H27N5O/c1-3-18-8-10-19(11-9-18)26-22-16-23(25-17(2)24-22)27-20-6-4-5-7-21(20)28-12-14-29-15-13-28/h4-11,16H,3,12-15H2,1-2H3,(H2,24,25,26,27). The highest BCUT2D eigenvalue weighted by Crippen LogP contribution is 2.29. The van der Waals surface area contributed by atoms with Gasteiger partial charge in [-0.25, -0.2) is 9.97 Å². The van der Waals surface area contributed by atoms with Crippen LogP contribution >= 0.6 is 0 Å². The number of ether oxygens (including phenoxy) is 1. The van der Waals surface area contributed by atoms with Gasteiger partial charge < -0.3 is 20.3 Å². The molecule has 0 unspecified atom stereocenters. The smallest absolute Gasteiger partial charge is 0.136 e. The van der Waals surface area contributed by atoms with Crippen LogP contribution in [0.1, 0.15) is 18.3 Å². The summed E-state index contributed by atoms with van der Waals surface area (Å²) in [5.74, 6) is 2.26. The second-order valence-corrected chi connectivity index (χ2v) is 7.10. The van der Waals surface area contributed by atoms with Gasteiger partial charge in [0, 0.05) is 24.8 Å². The van der Waals surface area contributed by atoms with Crippen molar-refractivity contribution in [3.63, 3.8) is 0 Å². The van der Waals surface area contributed by atoms with Crippen LogP contribution in [0.3, 0.4) is 0 Å². The molecule has 6 nitrogen and oxygen atoms in total. The van der Waals surface area contributed by atoms with Crippen LogP contribution in [0.4, 0.5) is 28.7 Å². The van der Waals surface area contributed by atoms with Crippen LogP contribution in [-0.2, 0) is 11.2 Å². The van der Waals surface area contributed by atoms with Gasteiger partial charge in [-0.15, -0.1) is 0 Å². The molecule has 1 fully saturated rings. The Morgan fingerprint density at radius 2 is 1.62 bits per heavy atom. The molecule has 6 heteroatoms. The Labute approximate surface area is 172 Å². The molecule has 29 heavy (non-hydrogen) atoms. The maximum atomic E-state index is 5.49. The zero-order chi connectivity index (χ0) is 20.1. The zero-order valence-electron chi connectivity index (χ0n) is 17.0. The second kappa shape index (κ2) is 8.92. The highest BCUT2D eigenvalue weighted by molar-refractivity contribution is 5.75. The van der Waals surface area contributed by atoms with Gasteiger partial charge in [-0.1, -0.05) is 31.2 Å². The van der Waals surface area contributed by atoms with Crippen molar-refractivity contribution < 1.29 is 4.74 Å². The summed E-state index contributed by atoms with van der Waals surface area (Å²) in [5.41, 5.74) is 4.53. The second-order valence-electron chi connectivity index (χ2n) is 7.10. The molecule has 1 aliphatic rings. The van der Waals surface area contributed by atoms with Crippen LogP contribution in [0.25, 0.3) is 0 Å². The molecule has 0 saturated carbocycles. The topological polar surface area (TPSA) is 62.3 Å². The number of nitrogens with one attached hydrogen (secondary N) is 2. The Morgan fingerprint density at radius 3 is 2.34 bits per heavy atom. The number of nitrogens with zero attached hydrogens (tertiary/aromatic N) is 3. The van der Waals surface area contributed by atoms with E-state index in [2.05, 4.69) is 74.9 Å². The lowest BCUT2D eigenvalue weighted by molar-refractivity contribution is 0.123. The van der Waals surface area contributed by atoms with Gasteiger partial charge in [-0.05, 0) is 43.2 Å². The first-order valence-corrected chi connectivity index (χ1v) is 10.1. The van der Waals surface area contributed by atoms with E-state index in [1.54, 1.807) is 0 Å². The SMILES string of the molecule is CCc1ccc(Nc2cc(Nc3ccccc3N3CCOCC3)nc(C)n2)cc1. The summed E-state index contributed by atoms with van der Waals surface area (Å²) in [6, 6.07) is 18.7. The molecule has 3 aromatic rings. The summed E-state index contributed by atoms with van der Waals surface area (Å²) in [5, 5.41) is 6.86. The van der Waals surface area contributed by atoms with E-state index in [0.29, 0.717) is 5.82 Å². The minimum Gasteiger partial charge on any atom is -0.378 e. The van der Waals surface area contributed by atoms with Crippen molar-refractivity contribution in [2.75, 3.05) is 41.8 Å². The molecule has 0 atom stereocenters. The van der Waals surface area contributed by atoms with Crippen LogP contribution < -0.4 is 15.5 Å². The number of aryl methyl sites for hydroxylation is 2. The van der Waals surface area contributed by atoms with Gasteiger partial charge in [0.25, 0.3) is 0 Å². The summed E-state index contributed by atoms with van der Waals surface area (Å²) in [7, 11) is 0. The largest absolute Gasteiger partial charge is 0.378 e. The maximum Gasteiger partial charge on any atom is 0.136 e. The highest BCUT2D eigenvalue weighted by atomic mass is 16.5. The molecule has 1 saturated heterocycles. The Balaban J connectivity index is 1.55. The van der Waals surface area contributed by atoms with Gasteiger partial charge >= 0.3 is 0 Å². The lowest BCUT2D eigenvalue weighted by atomic mass is 10.1. The quantitative estimate of drug-likeness (QED) is 0.639. The van der Waals surface area contributed by atoms with Crippen LogP contribution in [0.2, 0.25) is 0 Å². The van der Waals surface area contributed by atoms with E-state index in [4.69, 9.17) is 4.74 Å². The summed E-state index contributed by atoms with van der Waals surface area (Å²) in [6.45, 7) is 7.36. The van der Waals surface area contributed by atoms with E-state index < -0.39 is 0 Å². The molecular formula is C23H27N5O. The third-order valence-corrected chi connectivity index (χ3v) is 4.99. The first-order valence-electron chi connectivity index (χ1n) is 10.1. The molecule has 150 valence electrons. The number of morpholine rings is 1. The van der Waals surface area contributed by atoms with Crippen LogP contribution in [-0.4, -0.2) is 36.3 Å². The lowest BCUT2D eigenvalue weighted by Crippen LogP contribution is -2.36. The van der Waals surface area contributed by atoms with Gasteiger partial charge in [-0.2, -0.15) is 0 Å². The van der Waals surface area contributed by atoms with Crippen LogP contribution in [0.15, 0.2) is 54.6 Å². The molecule has 4 rings (SSSR count). The summed E-state index contributed by atoms with van der Waals surface area (Å²) in [4.78, 5) is 11.5. The fourth-order valence-corrected chi connectivity index (χ4v) is 3.46. The van der Waals surface area contributed by atoms with Crippen molar-refractivity contribution in [1.29, 1.82) is 0 Å². The van der Waals surface area contributed by atoms with Crippen molar-refractivity contribution in [2.24, 2.45) is 0 Å². The highest BCUT2D eigenvalue weighted by Gasteiger charge is 2.15. The molecule has 0 aliphatic carbocycles. The van der Waals surface area contributed by atoms with E-state index in [1.165, 1.54) is 5.56 Å². The average molecular weight is 390 g/mol. The first-order chi connectivity index (χ1) is 14.2. The monoisotopic (exact) mass is 389 g/mol.